The fraction of sp³-hybridized carbons (Fsp3) is 0.562. The second-order valence-corrected chi connectivity index (χ2v) is 5.16. The van der Waals surface area contributed by atoms with Gasteiger partial charge in [0.25, 0.3) is 0 Å². The van der Waals surface area contributed by atoms with E-state index in [2.05, 4.69) is 41.5 Å². The van der Waals surface area contributed by atoms with E-state index in [1.165, 1.54) is 5.56 Å². The molecule has 0 radical (unpaired) electrons. The van der Waals surface area contributed by atoms with Gasteiger partial charge in [0.1, 0.15) is 0 Å². The van der Waals surface area contributed by atoms with Gasteiger partial charge in [-0.2, -0.15) is 0 Å². The van der Waals surface area contributed by atoms with Gasteiger partial charge in [-0.05, 0) is 32.5 Å². The van der Waals surface area contributed by atoms with E-state index >= 15 is 0 Å². The average molecular weight is 277 g/mol. The van der Waals surface area contributed by atoms with Gasteiger partial charge in [0.15, 0.2) is 0 Å². The first-order valence-corrected chi connectivity index (χ1v) is 7.41. The van der Waals surface area contributed by atoms with Crippen molar-refractivity contribution < 1.29 is 4.79 Å². The molecule has 0 saturated heterocycles. The van der Waals surface area contributed by atoms with E-state index < -0.39 is 0 Å². The fourth-order valence-electron chi connectivity index (χ4n) is 2.30. The third-order valence-electron chi connectivity index (χ3n) is 3.31. The molecule has 0 aliphatic carbocycles. The van der Waals surface area contributed by atoms with Crippen molar-refractivity contribution in [3.63, 3.8) is 0 Å². The molecule has 4 nitrogen and oxygen atoms in total. The normalized spacial score (nSPS) is 12.5. The zero-order valence-corrected chi connectivity index (χ0v) is 13.0. The highest BCUT2D eigenvalue weighted by atomic mass is 16.2. The van der Waals surface area contributed by atoms with Gasteiger partial charge in [-0.15, -0.1) is 0 Å². The predicted molar refractivity (Wildman–Crippen MR) is 83.8 cm³/mol. The number of nitrogens with zero attached hydrogens (tertiary/aromatic N) is 1. The van der Waals surface area contributed by atoms with Gasteiger partial charge in [-0.3, -0.25) is 4.90 Å². The van der Waals surface area contributed by atoms with Gasteiger partial charge >= 0.3 is 6.03 Å². The van der Waals surface area contributed by atoms with Gasteiger partial charge in [0.05, 0.1) is 6.04 Å². The first-order chi connectivity index (χ1) is 9.58. The minimum absolute atomic E-state index is 0.104. The lowest BCUT2D eigenvalue weighted by atomic mass is 10.1. The van der Waals surface area contributed by atoms with E-state index in [1.807, 2.05) is 32.0 Å². The highest BCUT2D eigenvalue weighted by Crippen LogP contribution is 2.19. The van der Waals surface area contributed by atoms with Gasteiger partial charge < -0.3 is 10.6 Å². The van der Waals surface area contributed by atoms with Crippen molar-refractivity contribution in [2.45, 2.75) is 39.8 Å². The molecular weight excluding hydrogens is 250 g/mol. The van der Waals surface area contributed by atoms with Crippen LogP contribution in [0.15, 0.2) is 30.3 Å². The summed E-state index contributed by atoms with van der Waals surface area (Å²) in [5, 5.41) is 5.83. The Morgan fingerprint density at radius 1 is 1.15 bits per heavy atom. The van der Waals surface area contributed by atoms with Crippen LogP contribution in [0.3, 0.4) is 0 Å². The lowest BCUT2D eigenvalue weighted by molar-refractivity contribution is 0.205. The van der Waals surface area contributed by atoms with Crippen molar-refractivity contribution in [1.82, 2.24) is 15.5 Å². The summed E-state index contributed by atoms with van der Waals surface area (Å²) in [5.74, 6) is 0. The third-order valence-corrected chi connectivity index (χ3v) is 3.31. The second kappa shape index (κ2) is 8.59. The second-order valence-electron chi connectivity index (χ2n) is 5.16. The number of rotatable bonds is 7. The van der Waals surface area contributed by atoms with Crippen LogP contribution in [0.1, 0.15) is 39.3 Å². The van der Waals surface area contributed by atoms with Crippen LogP contribution in [0.5, 0.6) is 0 Å². The summed E-state index contributed by atoms with van der Waals surface area (Å²) in [7, 11) is 0. The molecule has 0 aromatic heterocycles. The van der Waals surface area contributed by atoms with Crippen molar-refractivity contribution in [2.24, 2.45) is 0 Å². The van der Waals surface area contributed by atoms with Crippen LogP contribution < -0.4 is 10.6 Å². The molecule has 4 heteroatoms. The van der Waals surface area contributed by atoms with Crippen molar-refractivity contribution in [2.75, 3.05) is 19.6 Å². The number of hydrogen-bond donors (Lipinski definition) is 2. The van der Waals surface area contributed by atoms with Crippen LogP contribution in [0, 0.1) is 0 Å². The molecule has 112 valence electrons. The van der Waals surface area contributed by atoms with Crippen LogP contribution in [-0.2, 0) is 0 Å². The number of urea groups is 1. The number of carbonyl (C=O) groups excluding carboxylic acids is 1. The van der Waals surface area contributed by atoms with Crippen LogP contribution in [0.2, 0.25) is 0 Å². The molecule has 0 fully saturated rings. The van der Waals surface area contributed by atoms with Crippen molar-refractivity contribution in [1.29, 1.82) is 0 Å². The topological polar surface area (TPSA) is 44.4 Å². The number of nitrogens with one attached hydrogen (secondary N) is 2. The highest BCUT2D eigenvalue weighted by Gasteiger charge is 2.18. The lowest BCUT2D eigenvalue weighted by Crippen LogP contribution is -2.44. The summed E-state index contributed by atoms with van der Waals surface area (Å²) < 4.78 is 0. The summed E-state index contributed by atoms with van der Waals surface area (Å²) in [6.07, 6.45) is 0. The van der Waals surface area contributed by atoms with Crippen LogP contribution in [0.25, 0.3) is 0 Å². The van der Waals surface area contributed by atoms with E-state index in [0.29, 0.717) is 6.54 Å². The molecule has 1 aromatic rings. The molecule has 0 aliphatic heterocycles. The van der Waals surface area contributed by atoms with E-state index in [4.69, 9.17) is 0 Å². The smallest absolute Gasteiger partial charge is 0.315 e. The van der Waals surface area contributed by atoms with Crippen molar-refractivity contribution in [3.8, 4) is 0 Å². The van der Waals surface area contributed by atoms with Gasteiger partial charge in [-0.25, -0.2) is 4.79 Å². The number of benzene rings is 1. The maximum atomic E-state index is 11.7. The zero-order valence-electron chi connectivity index (χ0n) is 13.0. The predicted octanol–water partition coefficient (Wildman–Crippen LogP) is 2.78. The average Bonchev–Trinajstić information content (AvgIpc) is 2.43. The van der Waals surface area contributed by atoms with Gasteiger partial charge in [0, 0.05) is 12.6 Å². The Morgan fingerprint density at radius 2 is 1.75 bits per heavy atom. The molecule has 1 rings (SSSR count). The molecule has 0 heterocycles. The SMILES string of the molecule is CCN(CC)C(CNC(=O)NC(C)C)c1ccccc1. The fourth-order valence-corrected chi connectivity index (χ4v) is 2.30. The first-order valence-electron chi connectivity index (χ1n) is 7.41. The zero-order chi connectivity index (χ0) is 15.0. The Balaban J connectivity index is 2.71. The Morgan fingerprint density at radius 3 is 2.25 bits per heavy atom. The number of likely N-dealkylation sites (N-methyl/N-ethyl adjacent to an activating group) is 1. The summed E-state index contributed by atoms with van der Waals surface area (Å²) in [5.41, 5.74) is 1.24. The van der Waals surface area contributed by atoms with Crippen molar-refractivity contribution in [3.05, 3.63) is 35.9 Å². The Bertz CT molecular complexity index is 388. The molecule has 20 heavy (non-hydrogen) atoms. The maximum absolute atomic E-state index is 11.7. The van der Waals surface area contributed by atoms with Gasteiger partial charge in [-0.1, -0.05) is 44.2 Å². The summed E-state index contributed by atoms with van der Waals surface area (Å²) in [6.45, 7) is 10.7. The standard InChI is InChI=1S/C16H27N3O/c1-5-19(6-2)15(14-10-8-7-9-11-14)12-17-16(20)18-13(3)4/h7-11,13,15H,5-6,12H2,1-4H3,(H2,17,18,20). The molecule has 1 aromatic carbocycles. The van der Waals surface area contributed by atoms with E-state index in [9.17, 15) is 4.79 Å². The monoisotopic (exact) mass is 277 g/mol. The number of hydrogen-bond acceptors (Lipinski definition) is 2. The Kier molecular flexibility index (Phi) is 7.09. The molecular formula is C16H27N3O. The number of carbonyl (C=O) groups is 1. The highest BCUT2D eigenvalue weighted by molar-refractivity contribution is 5.74. The largest absolute Gasteiger partial charge is 0.336 e. The minimum Gasteiger partial charge on any atom is -0.336 e. The molecule has 1 unspecified atom stereocenters. The van der Waals surface area contributed by atoms with Crippen molar-refractivity contribution >= 4 is 6.03 Å². The Labute approximate surface area is 122 Å². The first kappa shape index (κ1) is 16.5. The van der Waals surface area contributed by atoms with Crippen LogP contribution >= 0.6 is 0 Å². The summed E-state index contributed by atoms with van der Waals surface area (Å²) in [4.78, 5) is 14.1. The molecule has 0 bridgehead atoms. The Hall–Kier alpha value is -1.55. The van der Waals surface area contributed by atoms with E-state index in [1.54, 1.807) is 0 Å². The molecule has 2 amide bonds. The summed E-state index contributed by atoms with van der Waals surface area (Å²) >= 11 is 0. The minimum atomic E-state index is -0.104. The van der Waals surface area contributed by atoms with E-state index in [0.717, 1.165) is 13.1 Å². The quantitative estimate of drug-likeness (QED) is 0.805. The molecule has 0 aliphatic rings. The molecule has 2 N–H and O–H groups in total. The van der Waals surface area contributed by atoms with Gasteiger partial charge in [0.2, 0.25) is 0 Å². The lowest BCUT2D eigenvalue weighted by Gasteiger charge is -2.30. The number of amides is 2. The molecule has 1 atom stereocenters. The van der Waals surface area contributed by atoms with Crippen LogP contribution in [0.4, 0.5) is 4.79 Å². The van der Waals surface area contributed by atoms with E-state index in [-0.39, 0.29) is 18.1 Å². The third kappa shape index (κ3) is 5.21. The van der Waals surface area contributed by atoms with Crippen LogP contribution in [-0.4, -0.2) is 36.6 Å². The maximum Gasteiger partial charge on any atom is 0.315 e. The molecule has 0 spiro atoms. The summed E-state index contributed by atoms with van der Waals surface area (Å²) in [6, 6.07) is 10.6. The molecule has 0 saturated carbocycles.